The molecule has 0 aromatic carbocycles. The van der Waals surface area contributed by atoms with Crippen LogP contribution in [-0.4, -0.2) is 31.0 Å². The molecular formula is C10H19F2N. The van der Waals surface area contributed by atoms with Gasteiger partial charge in [-0.2, -0.15) is 0 Å². The molecule has 3 heteroatoms. The Morgan fingerprint density at radius 2 is 1.77 bits per heavy atom. The smallest absolute Gasteiger partial charge is 0.251 e. The summed E-state index contributed by atoms with van der Waals surface area (Å²) in [6.45, 7) is 2.17. The number of hydrogen-bond donors (Lipinski definition) is 0. The van der Waals surface area contributed by atoms with E-state index in [9.17, 15) is 8.78 Å². The predicted molar refractivity (Wildman–Crippen MR) is 50.1 cm³/mol. The average molecular weight is 191 g/mol. The summed E-state index contributed by atoms with van der Waals surface area (Å²) in [5.41, 5.74) is 0. The Morgan fingerprint density at radius 1 is 1.23 bits per heavy atom. The third kappa shape index (κ3) is 3.59. The molecule has 1 aliphatic rings. The zero-order valence-electron chi connectivity index (χ0n) is 8.47. The van der Waals surface area contributed by atoms with Crippen molar-refractivity contribution in [3.8, 4) is 0 Å². The van der Waals surface area contributed by atoms with Crippen LogP contribution in [0.25, 0.3) is 0 Å². The van der Waals surface area contributed by atoms with E-state index in [1.165, 1.54) is 12.8 Å². The number of nitrogens with zero attached hydrogens (tertiary/aromatic N) is 1. The van der Waals surface area contributed by atoms with Crippen molar-refractivity contribution in [1.29, 1.82) is 0 Å². The minimum absolute atomic E-state index is 0.0704. The van der Waals surface area contributed by atoms with E-state index in [4.69, 9.17) is 0 Å². The van der Waals surface area contributed by atoms with Crippen LogP contribution in [-0.2, 0) is 0 Å². The molecule has 0 amide bonds. The minimum atomic E-state index is -2.19. The Morgan fingerprint density at radius 3 is 2.23 bits per heavy atom. The quantitative estimate of drug-likeness (QED) is 0.663. The summed E-state index contributed by atoms with van der Waals surface area (Å²) in [5, 5.41) is 0. The molecule has 0 radical (unpaired) electrons. The minimum Gasteiger partial charge on any atom is -0.298 e. The highest BCUT2D eigenvalue weighted by Gasteiger charge is 2.22. The SMILES string of the molecule is CC1CCC(N(C)CC(F)F)CC1. The van der Waals surface area contributed by atoms with Crippen LogP contribution in [0.5, 0.6) is 0 Å². The van der Waals surface area contributed by atoms with Crippen LogP contribution in [0, 0.1) is 5.92 Å². The summed E-state index contributed by atoms with van der Waals surface area (Å²) in [4.78, 5) is 1.82. The van der Waals surface area contributed by atoms with Gasteiger partial charge >= 0.3 is 0 Å². The Labute approximate surface area is 79.1 Å². The highest BCUT2D eigenvalue weighted by molar-refractivity contribution is 4.76. The lowest BCUT2D eigenvalue weighted by atomic mass is 9.87. The van der Waals surface area contributed by atoms with E-state index in [2.05, 4.69) is 6.92 Å². The molecule has 0 bridgehead atoms. The third-order valence-electron chi connectivity index (χ3n) is 3.03. The largest absolute Gasteiger partial charge is 0.298 e. The molecule has 1 rings (SSSR count). The van der Waals surface area contributed by atoms with E-state index in [0.29, 0.717) is 6.04 Å². The average Bonchev–Trinajstić information content (AvgIpc) is 2.04. The van der Waals surface area contributed by atoms with E-state index >= 15 is 0 Å². The van der Waals surface area contributed by atoms with Crippen molar-refractivity contribution in [1.82, 2.24) is 4.90 Å². The third-order valence-corrected chi connectivity index (χ3v) is 3.03. The molecule has 1 fully saturated rings. The van der Waals surface area contributed by atoms with Crippen molar-refractivity contribution in [2.24, 2.45) is 5.92 Å². The first-order valence-electron chi connectivity index (χ1n) is 5.08. The van der Waals surface area contributed by atoms with Crippen LogP contribution >= 0.6 is 0 Å². The van der Waals surface area contributed by atoms with Gasteiger partial charge < -0.3 is 0 Å². The maximum Gasteiger partial charge on any atom is 0.251 e. The van der Waals surface area contributed by atoms with Gasteiger partial charge in [0.2, 0.25) is 0 Å². The van der Waals surface area contributed by atoms with Crippen molar-refractivity contribution in [2.45, 2.75) is 45.1 Å². The van der Waals surface area contributed by atoms with Gasteiger partial charge in [0.1, 0.15) is 0 Å². The van der Waals surface area contributed by atoms with Crippen LogP contribution in [0.2, 0.25) is 0 Å². The fourth-order valence-corrected chi connectivity index (χ4v) is 2.05. The molecule has 0 aliphatic heterocycles. The zero-order valence-corrected chi connectivity index (χ0v) is 8.47. The highest BCUT2D eigenvalue weighted by atomic mass is 19.3. The molecule has 1 nitrogen and oxygen atoms in total. The summed E-state index contributed by atoms with van der Waals surface area (Å²) < 4.78 is 24.2. The van der Waals surface area contributed by atoms with E-state index < -0.39 is 6.43 Å². The fraction of sp³-hybridized carbons (Fsp3) is 1.00. The molecule has 1 aliphatic carbocycles. The molecule has 0 unspecified atom stereocenters. The second kappa shape index (κ2) is 4.89. The van der Waals surface area contributed by atoms with Gasteiger partial charge in [0.25, 0.3) is 6.43 Å². The molecule has 0 atom stereocenters. The molecule has 0 aromatic rings. The van der Waals surface area contributed by atoms with E-state index in [1.807, 2.05) is 11.9 Å². The topological polar surface area (TPSA) is 3.24 Å². The Bertz CT molecular complexity index is 142. The lowest BCUT2D eigenvalue weighted by Gasteiger charge is -2.33. The summed E-state index contributed by atoms with van der Waals surface area (Å²) in [6.07, 6.45) is 2.37. The second-order valence-corrected chi connectivity index (χ2v) is 4.24. The van der Waals surface area contributed by atoms with E-state index in [-0.39, 0.29) is 6.54 Å². The molecule has 1 saturated carbocycles. The Kier molecular flexibility index (Phi) is 4.10. The maximum absolute atomic E-state index is 12.1. The normalized spacial score (nSPS) is 30.0. The van der Waals surface area contributed by atoms with Gasteiger partial charge in [0, 0.05) is 6.04 Å². The summed E-state index contributed by atoms with van der Waals surface area (Å²) >= 11 is 0. The van der Waals surface area contributed by atoms with Gasteiger partial charge in [-0.1, -0.05) is 6.92 Å². The molecule has 0 saturated heterocycles. The first-order chi connectivity index (χ1) is 6.09. The number of halogens is 2. The molecule has 0 spiro atoms. The van der Waals surface area contributed by atoms with Crippen molar-refractivity contribution < 1.29 is 8.78 Å². The van der Waals surface area contributed by atoms with Crippen molar-refractivity contribution in [3.63, 3.8) is 0 Å². The molecule has 78 valence electrons. The van der Waals surface area contributed by atoms with Crippen LogP contribution in [0.4, 0.5) is 8.78 Å². The Balaban J connectivity index is 2.27. The van der Waals surface area contributed by atoms with Gasteiger partial charge in [-0.25, -0.2) is 8.78 Å². The number of rotatable bonds is 3. The molecular weight excluding hydrogens is 172 g/mol. The molecule has 0 N–H and O–H groups in total. The van der Waals surface area contributed by atoms with E-state index in [1.54, 1.807) is 0 Å². The Hall–Kier alpha value is -0.180. The zero-order chi connectivity index (χ0) is 9.84. The standard InChI is InChI=1S/C10H19F2N/c1-8-3-5-9(6-4-8)13(2)7-10(11)12/h8-10H,3-7H2,1-2H3. The van der Waals surface area contributed by atoms with Gasteiger partial charge in [0.05, 0.1) is 6.54 Å². The first kappa shape index (κ1) is 10.9. The number of hydrogen-bond acceptors (Lipinski definition) is 1. The lowest BCUT2D eigenvalue weighted by Crippen LogP contribution is -2.37. The lowest BCUT2D eigenvalue weighted by molar-refractivity contribution is 0.0664. The monoisotopic (exact) mass is 191 g/mol. The number of alkyl halides is 2. The van der Waals surface area contributed by atoms with E-state index in [0.717, 1.165) is 18.8 Å². The molecule has 0 heterocycles. The van der Waals surface area contributed by atoms with Crippen LogP contribution in [0.3, 0.4) is 0 Å². The predicted octanol–water partition coefficient (Wildman–Crippen LogP) is 2.76. The van der Waals surface area contributed by atoms with Crippen LogP contribution in [0.1, 0.15) is 32.6 Å². The maximum atomic E-state index is 12.1. The van der Waals surface area contributed by atoms with Gasteiger partial charge in [0.15, 0.2) is 0 Å². The van der Waals surface area contributed by atoms with Crippen LogP contribution in [0.15, 0.2) is 0 Å². The van der Waals surface area contributed by atoms with Crippen molar-refractivity contribution >= 4 is 0 Å². The van der Waals surface area contributed by atoms with Crippen LogP contribution < -0.4 is 0 Å². The van der Waals surface area contributed by atoms with Crippen molar-refractivity contribution in [2.75, 3.05) is 13.6 Å². The van der Waals surface area contributed by atoms with Gasteiger partial charge in [-0.15, -0.1) is 0 Å². The fourth-order valence-electron chi connectivity index (χ4n) is 2.05. The molecule has 0 aromatic heterocycles. The van der Waals surface area contributed by atoms with Gasteiger partial charge in [-0.3, -0.25) is 4.90 Å². The molecule has 13 heavy (non-hydrogen) atoms. The van der Waals surface area contributed by atoms with Gasteiger partial charge in [-0.05, 0) is 38.6 Å². The summed E-state index contributed by atoms with van der Waals surface area (Å²) in [6, 6.07) is 0.394. The highest BCUT2D eigenvalue weighted by Crippen LogP contribution is 2.26. The second-order valence-electron chi connectivity index (χ2n) is 4.24. The first-order valence-corrected chi connectivity index (χ1v) is 5.08. The van der Waals surface area contributed by atoms with Crippen molar-refractivity contribution in [3.05, 3.63) is 0 Å². The summed E-state index contributed by atoms with van der Waals surface area (Å²) in [7, 11) is 1.81. The summed E-state index contributed by atoms with van der Waals surface area (Å²) in [5.74, 6) is 0.788.